The highest BCUT2D eigenvalue weighted by Gasteiger charge is 2.53. The van der Waals surface area contributed by atoms with E-state index in [9.17, 15) is 41.9 Å². The number of hydrogen-bond donors (Lipinski definition) is 2. The predicted octanol–water partition coefficient (Wildman–Crippen LogP) is 5.03. The highest BCUT2D eigenvalue weighted by molar-refractivity contribution is 6.30. The third kappa shape index (κ3) is 8.36. The first-order chi connectivity index (χ1) is 27.6. The molecule has 3 heterocycles. The summed E-state index contributed by atoms with van der Waals surface area (Å²) in [7, 11) is 0. The van der Waals surface area contributed by atoms with E-state index in [1.165, 1.54) is 30.9 Å². The number of amides is 7. The third-order valence-electron chi connectivity index (χ3n) is 9.76. The lowest BCUT2D eigenvalue weighted by atomic mass is 10.0. The number of carbonyl (C=O) groups is 6. The molecule has 58 heavy (non-hydrogen) atoms. The summed E-state index contributed by atoms with van der Waals surface area (Å²) in [6.07, 6.45) is -3.56. The lowest BCUT2D eigenvalue weighted by Crippen LogP contribution is -2.54. The molecular weight excluding hydrogens is 765 g/mol. The molecular formula is C40H39F3N6O9. The number of halogens is 3. The molecule has 1 atom stereocenters. The van der Waals surface area contributed by atoms with Gasteiger partial charge in [0.15, 0.2) is 0 Å². The summed E-state index contributed by atoms with van der Waals surface area (Å²) in [5.41, 5.74) is -2.46. The average Bonchev–Trinajstić information content (AvgIpc) is 3.54. The van der Waals surface area contributed by atoms with Gasteiger partial charge in [-0.25, -0.2) is 9.69 Å². The van der Waals surface area contributed by atoms with E-state index in [-0.39, 0.29) is 29.7 Å². The van der Waals surface area contributed by atoms with E-state index in [2.05, 4.69) is 10.6 Å². The maximum Gasteiger partial charge on any atom is 0.417 e. The Morgan fingerprint density at radius 3 is 2.22 bits per heavy atom. The van der Waals surface area contributed by atoms with Crippen LogP contribution in [-0.4, -0.2) is 91.6 Å². The lowest BCUT2D eigenvalue weighted by Gasteiger charge is -2.27. The van der Waals surface area contributed by atoms with Gasteiger partial charge in [0.25, 0.3) is 17.7 Å². The van der Waals surface area contributed by atoms with Crippen molar-refractivity contribution < 1.29 is 56.1 Å². The number of imide groups is 3. The van der Waals surface area contributed by atoms with Crippen molar-refractivity contribution in [3.05, 3.63) is 82.9 Å². The molecule has 2 saturated heterocycles. The van der Waals surface area contributed by atoms with Crippen molar-refractivity contribution in [2.45, 2.75) is 57.3 Å². The van der Waals surface area contributed by atoms with Crippen molar-refractivity contribution in [3.63, 3.8) is 0 Å². The first-order valence-corrected chi connectivity index (χ1v) is 18.4. The highest BCUT2D eigenvalue weighted by atomic mass is 19.4. The average molecular weight is 805 g/mol. The van der Waals surface area contributed by atoms with Gasteiger partial charge in [-0.1, -0.05) is 6.07 Å². The maximum absolute atomic E-state index is 13.6. The fourth-order valence-electron chi connectivity index (χ4n) is 6.89. The standard InChI is InChI=1S/C40H39F3N6O9/c1-39(2)37(54)47(26-9-8-24(23-44)29(22-26)40(41,42)43)38(55)49(39)25-10-12-27(13-11-25)58-20-5-19-56-17-4-18-57-21-16-45-30-7-3-6-28-33(30)36(53)48(35(28)52)31-14-15-32(50)46-34(31)51/h3,6-13,22,31,45H,4-5,14-21H2,1-2H3,(H,46,50,51). The first kappa shape index (κ1) is 41.3. The number of alkyl halides is 3. The van der Waals surface area contributed by atoms with Crippen LogP contribution in [0.25, 0.3) is 0 Å². The Balaban J connectivity index is 0.878. The summed E-state index contributed by atoms with van der Waals surface area (Å²) in [4.78, 5) is 79.7. The van der Waals surface area contributed by atoms with Crippen LogP contribution in [0, 0.1) is 11.3 Å². The molecule has 0 saturated carbocycles. The Morgan fingerprint density at radius 2 is 1.55 bits per heavy atom. The second kappa shape index (κ2) is 17.0. The van der Waals surface area contributed by atoms with Crippen LogP contribution in [0.2, 0.25) is 0 Å². The summed E-state index contributed by atoms with van der Waals surface area (Å²) in [5, 5.41) is 14.4. The molecule has 0 bridgehead atoms. The van der Waals surface area contributed by atoms with E-state index in [4.69, 9.17) is 19.5 Å². The van der Waals surface area contributed by atoms with Crippen molar-refractivity contribution in [1.29, 1.82) is 5.26 Å². The molecule has 2 N–H and O–H groups in total. The summed E-state index contributed by atoms with van der Waals surface area (Å²) in [6.45, 7) is 5.24. The van der Waals surface area contributed by atoms with Crippen molar-refractivity contribution in [3.8, 4) is 11.8 Å². The Kier molecular flexibility index (Phi) is 12.1. The van der Waals surface area contributed by atoms with Gasteiger partial charge in [-0.2, -0.15) is 18.4 Å². The number of nitrogens with one attached hydrogen (secondary N) is 2. The number of rotatable bonds is 16. The van der Waals surface area contributed by atoms with Crippen LogP contribution in [0.4, 0.5) is 35.0 Å². The quantitative estimate of drug-likeness (QED) is 0.112. The first-order valence-electron chi connectivity index (χ1n) is 18.4. The smallest absolute Gasteiger partial charge is 0.417 e. The number of benzene rings is 3. The fourth-order valence-corrected chi connectivity index (χ4v) is 6.89. The summed E-state index contributed by atoms with van der Waals surface area (Å²) >= 11 is 0. The van der Waals surface area contributed by atoms with Crippen molar-refractivity contribution in [1.82, 2.24) is 10.2 Å². The van der Waals surface area contributed by atoms with Gasteiger partial charge in [0, 0.05) is 50.6 Å². The van der Waals surface area contributed by atoms with Crippen LogP contribution in [-0.2, 0) is 30.0 Å². The topological polar surface area (TPSA) is 188 Å². The molecule has 2 fully saturated rings. The zero-order chi connectivity index (χ0) is 41.8. The van der Waals surface area contributed by atoms with Crippen molar-refractivity contribution in [2.75, 3.05) is 54.7 Å². The molecule has 15 nitrogen and oxygen atoms in total. The number of hydrogen-bond acceptors (Lipinski definition) is 11. The molecule has 3 aromatic rings. The van der Waals surface area contributed by atoms with E-state index in [1.807, 2.05) is 0 Å². The molecule has 0 aliphatic carbocycles. The molecule has 0 spiro atoms. The molecule has 7 amide bonds. The molecule has 3 aliphatic rings. The van der Waals surface area contributed by atoms with Gasteiger partial charge in [-0.3, -0.25) is 39.1 Å². The number of nitriles is 1. The molecule has 0 aromatic heterocycles. The van der Waals surface area contributed by atoms with Crippen LogP contribution in [0.1, 0.15) is 71.4 Å². The Labute approximate surface area is 330 Å². The van der Waals surface area contributed by atoms with Crippen LogP contribution < -0.4 is 25.2 Å². The molecule has 304 valence electrons. The Hall–Kier alpha value is -6.32. The number of carbonyl (C=O) groups excluding carboxylic acids is 6. The van der Waals surface area contributed by atoms with Crippen LogP contribution >= 0.6 is 0 Å². The zero-order valence-electron chi connectivity index (χ0n) is 31.5. The van der Waals surface area contributed by atoms with Gasteiger partial charge in [0.1, 0.15) is 17.3 Å². The zero-order valence-corrected chi connectivity index (χ0v) is 31.5. The summed E-state index contributed by atoms with van der Waals surface area (Å²) < 4.78 is 57.9. The molecule has 1 unspecified atom stereocenters. The van der Waals surface area contributed by atoms with Crippen LogP contribution in [0.3, 0.4) is 0 Å². The van der Waals surface area contributed by atoms with E-state index in [0.717, 1.165) is 17.0 Å². The lowest BCUT2D eigenvalue weighted by molar-refractivity contribution is -0.138. The van der Waals surface area contributed by atoms with Crippen LogP contribution in [0.5, 0.6) is 5.75 Å². The van der Waals surface area contributed by atoms with Crippen LogP contribution in [0.15, 0.2) is 60.7 Å². The molecule has 6 rings (SSSR count). The molecule has 3 aromatic carbocycles. The van der Waals surface area contributed by atoms with E-state index < -0.39 is 64.5 Å². The number of urea groups is 1. The Morgan fingerprint density at radius 1 is 0.879 bits per heavy atom. The maximum atomic E-state index is 13.6. The van der Waals surface area contributed by atoms with E-state index in [1.54, 1.807) is 36.4 Å². The van der Waals surface area contributed by atoms with E-state index >= 15 is 0 Å². The van der Waals surface area contributed by atoms with Gasteiger partial charge < -0.3 is 19.5 Å². The molecule has 3 aliphatic heterocycles. The minimum absolute atomic E-state index is 0.0371. The van der Waals surface area contributed by atoms with Gasteiger partial charge in [0.05, 0.1) is 47.2 Å². The van der Waals surface area contributed by atoms with Crippen molar-refractivity contribution >= 4 is 52.6 Å². The van der Waals surface area contributed by atoms with Gasteiger partial charge >= 0.3 is 12.2 Å². The SMILES string of the molecule is CC1(C)C(=O)N(c2ccc(C#N)c(C(F)(F)F)c2)C(=O)N1c1ccc(OCCCOCCCOCCNc2cccc3c2C(=O)N(C2CCC(=O)NC2=O)C3=O)cc1. The normalized spacial score (nSPS) is 17.8. The Bertz CT molecular complexity index is 2170. The summed E-state index contributed by atoms with van der Waals surface area (Å²) in [5.74, 6) is -2.53. The monoisotopic (exact) mass is 804 g/mol. The van der Waals surface area contributed by atoms with Gasteiger partial charge in [-0.05, 0) is 81.3 Å². The summed E-state index contributed by atoms with van der Waals surface area (Å²) in [6, 6.07) is 13.5. The van der Waals surface area contributed by atoms with E-state index in [0.29, 0.717) is 80.5 Å². The second-order valence-electron chi connectivity index (χ2n) is 14.0. The number of nitrogens with zero attached hydrogens (tertiary/aromatic N) is 4. The predicted molar refractivity (Wildman–Crippen MR) is 200 cm³/mol. The fraction of sp³-hybridized carbons (Fsp3) is 0.375. The molecule has 18 heteroatoms. The molecule has 0 radical (unpaired) electrons. The number of piperidine rings is 1. The number of anilines is 3. The second-order valence-corrected chi connectivity index (χ2v) is 14.0. The van der Waals surface area contributed by atoms with Gasteiger partial charge in [-0.15, -0.1) is 0 Å². The minimum atomic E-state index is -4.86. The largest absolute Gasteiger partial charge is 0.494 e. The minimum Gasteiger partial charge on any atom is -0.494 e. The third-order valence-corrected chi connectivity index (χ3v) is 9.76. The number of ether oxygens (including phenoxy) is 3. The van der Waals surface area contributed by atoms with Gasteiger partial charge in [0.2, 0.25) is 11.8 Å². The highest BCUT2D eigenvalue weighted by Crippen LogP contribution is 2.40. The van der Waals surface area contributed by atoms with Crippen molar-refractivity contribution in [2.24, 2.45) is 0 Å². The number of fused-ring (bicyclic) bond motifs is 1.